The molecule has 0 radical (unpaired) electrons. The van der Waals surface area contributed by atoms with Crippen LogP contribution in [0.2, 0.25) is 0 Å². The fraction of sp³-hybridized carbons (Fsp3) is 0.696. The molecule has 0 spiro atoms. The minimum absolute atomic E-state index is 0. The molecule has 176 valence electrons. The Morgan fingerprint density at radius 1 is 1.16 bits per heavy atom. The standard InChI is InChI=1S/C23H38FN5O.HI/c1-4-25-23(27-21-8-10-28(11-9-21)18(2)3)26-17-22(29-12-14-30-15-13-29)19-6-5-7-20(24)16-19;/h5-7,16,18,21-22H,4,8-15,17H2,1-3H3,(H2,25,26,27);1H. The van der Waals surface area contributed by atoms with Crippen molar-refractivity contribution < 1.29 is 9.13 Å². The molecular formula is C23H39FIN5O. The molecule has 1 atom stereocenters. The third kappa shape index (κ3) is 8.14. The Labute approximate surface area is 204 Å². The van der Waals surface area contributed by atoms with Gasteiger partial charge in [0.2, 0.25) is 0 Å². The molecule has 0 amide bonds. The number of guanidine groups is 1. The first-order valence-electron chi connectivity index (χ1n) is 11.4. The van der Waals surface area contributed by atoms with Crippen LogP contribution < -0.4 is 10.6 Å². The van der Waals surface area contributed by atoms with Gasteiger partial charge in [0.15, 0.2) is 5.96 Å². The van der Waals surface area contributed by atoms with Gasteiger partial charge in [-0.25, -0.2) is 4.39 Å². The van der Waals surface area contributed by atoms with Gasteiger partial charge >= 0.3 is 0 Å². The fourth-order valence-corrected chi connectivity index (χ4v) is 4.29. The number of piperidine rings is 1. The molecule has 6 nitrogen and oxygen atoms in total. The van der Waals surface area contributed by atoms with E-state index in [4.69, 9.17) is 9.73 Å². The smallest absolute Gasteiger partial charge is 0.191 e. The number of benzene rings is 1. The molecule has 1 aromatic rings. The molecule has 2 heterocycles. The highest BCUT2D eigenvalue weighted by molar-refractivity contribution is 14.0. The summed E-state index contributed by atoms with van der Waals surface area (Å²) < 4.78 is 19.4. The van der Waals surface area contributed by atoms with Crippen molar-refractivity contribution in [1.82, 2.24) is 20.4 Å². The molecule has 8 heteroatoms. The molecule has 1 unspecified atom stereocenters. The molecule has 0 aromatic heterocycles. The van der Waals surface area contributed by atoms with Crippen molar-refractivity contribution in [2.75, 3.05) is 52.5 Å². The number of rotatable bonds is 7. The van der Waals surface area contributed by atoms with Gasteiger partial charge in [0.05, 0.1) is 25.8 Å². The van der Waals surface area contributed by atoms with Crippen LogP contribution in [0.3, 0.4) is 0 Å². The highest BCUT2D eigenvalue weighted by Gasteiger charge is 2.24. The summed E-state index contributed by atoms with van der Waals surface area (Å²) >= 11 is 0. The predicted molar refractivity (Wildman–Crippen MR) is 136 cm³/mol. The van der Waals surface area contributed by atoms with E-state index in [1.54, 1.807) is 12.1 Å². The fourth-order valence-electron chi connectivity index (χ4n) is 4.29. The molecule has 31 heavy (non-hydrogen) atoms. The summed E-state index contributed by atoms with van der Waals surface area (Å²) in [6.07, 6.45) is 2.25. The van der Waals surface area contributed by atoms with E-state index in [9.17, 15) is 4.39 Å². The average molecular weight is 548 g/mol. The SMILES string of the molecule is CCNC(=NCC(c1cccc(F)c1)N1CCOCC1)NC1CCN(C(C)C)CC1.I. The minimum atomic E-state index is -0.198. The highest BCUT2D eigenvalue weighted by atomic mass is 127. The van der Waals surface area contributed by atoms with Gasteiger partial charge in [0.1, 0.15) is 5.82 Å². The maximum absolute atomic E-state index is 13.9. The quantitative estimate of drug-likeness (QED) is 0.312. The van der Waals surface area contributed by atoms with E-state index in [1.807, 2.05) is 6.07 Å². The first kappa shape index (κ1) is 26.3. The summed E-state index contributed by atoms with van der Waals surface area (Å²) in [6.45, 7) is 13.4. The summed E-state index contributed by atoms with van der Waals surface area (Å²) in [5.41, 5.74) is 0.974. The number of nitrogens with zero attached hydrogens (tertiary/aromatic N) is 3. The average Bonchev–Trinajstić information content (AvgIpc) is 2.75. The van der Waals surface area contributed by atoms with Crippen molar-refractivity contribution in [3.05, 3.63) is 35.6 Å². The van der Waals surface area contributed by atoms with E-state index in [0.29, 0.717) is 31.8 Å². The van der Waals surface area contributed by atoms with Gasteiger partial charge in [-0.1, -0.05) is 12.1 Å². The molecule has 2 aliphatic rings. The highest BCUT2D eigenvalue weighted by Crippen LogP contribution is 2.23. The Morgan fingerprint density at radius 3 is 2.48 bits per heavy atom. The minimum Gasteiger partial charge on any atom is -0.379 e. The topological polar surface area (TPSA) is 52.1 Å². The van der Waals surface area contributed by atoms with E-state index in [-0.39, 0.29) is 35.8 Å². The van der Waals surface area contributed by atoms with Crippen LogP contribution in [0.25, 0.3) is 0 Å². The second-order valence-corrected chi connectivity index (χ2v) is 8.49. The molecule has 1 aromatic carbocycles. The first-order valence-corrected chi connectivity index (χ1v) is 11.4. The van der Waals surface area contributed by atoms with Crippen molar-refractivity contribution in [1.29, 1.82) is 0 Å². The Morgan fingerprint density at radius 2 is 1.87 bits per heavy atom. The number of aliphatic imine (C=N–C) groups is 1. The Hall–Kier alpha value is -0.970. The zero-order valence-corrected chi connectivity index (χ0v) is 21.5. The number of likely N-dealkylation sites (tertiary alicyclic amines) is 1. The van der Waals surface area contributed by atoms with Gasteiger partial charge in [-0.2, -0.15) is 0 Å². The zero-order chi connectivity index (χ0) is 21.3. The van der Waals surface area contributed by atoms with Crippen molar-refractivity contribution >= 4 is 29.9 Å². The summed E-state index contributed by atoms with van der Waals surface area (Å²) in [5.74, 6) is 0.659. The maximum Gasteiger partial charge on any atom is 0.191 e. The lowest BCUT2D eigenvalue weighted by atomic mass is 10.0. The Bertz CT molecular complexity index is 676. The van der Waals surface area contributed by atoms with Gasteiger partial charge in [-0.05, 0) is 51.3 Å². The van der Waals surface area contributed by atoms with Crippen LogP contribution in [0, 0.1) is 5.82 Å². The number of hydrogen-bond donors (Lipinski definition) is 2. The summed E-state index contributed by atoms with van der Waals surface area (Å²) in [6, 6.07) is 8.01. The number of ether oxygens (including phenoxy) is 1. The largest absolute Gasteiger partial charge is 0.379 e. The third-order valence-electron chi connectivity index (χ3n) is 6.09. The zero-order valence-electron chi connectivity index (χ0n) is 19.1. The molecule has 3 rings (SSSR count). The normalized spacial score (nSPS) is 20.4. The number of hydrogen-bond acceptors (Lipinski definition) is 4. The van der Waals surface area contributed by atoms with Crippen LogP contribution in [0.15, 0.2) is 29.3 Å². The molecule has 2 N–H and O–H groups in total. The molecule has 2 saturated heterocycles. The predicted octanol–water partition coefficient (Wildman–Crippen LogP) is 3.24. The molecular weight excluding hydrogens is 508 g/mol. The van der Waals surface area contributed by atoms with Crippen molar-refractivity contribution in [3.8, 4) is 0 Å². The van der Waals surface area contributed by atoms with Crippen LogP contribution in [0.1, 0.15) is 45.2 Å². The summed E-state index contributed by atoms with van der Waals surface area (Å²) in [4.78, 5) is 9.80. The van der Waals surface area contributed by atoms with E-state index >= 15 is 0 Å². The van der Waals surface area contributed by atoms with Crippen molar-refractivity contribution in [2.24, 2.45) is 4.99 Å². The lowest BCUT2D eigenvalue weighted by Crippen LogP contribution is -2.50. The lowest BCUT2D eigenvalue weighted by Gasteiger charge is -2.36. The molecule has 0 bridgehead atoms. The number of halogens is 2. The van der Waals surface area contributed by atoms with Crippen LogP contribution in [0.5, 0.6) is 0 Å². The second kappa shape index (κ2) is 13.5. The van der Waals surface area contributed by atoms with E-state index in [1.165, 1.54) is 6.07 Å². The lowest BCUT2D eigenvalue weighted by molar-refractivity contribution is 0.0179. The van der Waals surface area contributed by atoms with Crippen LogP contribution in [-0.2, 0) is 4.74 Å². The first-order chi connectivity index (χ1) is 14.6. The summed E-state index contributed by atoms with van der Waals surface area (Å²) in [7, 11) is 0. The summed E-state index contributed by atoms with van der Waals surface area (Å²) in [5, 5.41) is 7.03. The van der Waals surface area contributed by atoms with E-state index in [0.717, 1.165) is 57.1 Å². The maximum atomic E-state index is 13.9. The van der Waals surface area contributed by atoms with Crippen LogP contribution >= 0.6 is 24.0 Å². The molecule has 2 fully saturated rings. The Kier molecular flexibility index (Phi) is 11.5. The van der Waals surface area contributed by atoms with Crippen LogP contribution in [0.4, 0.5) is 4.39 Å². The van der Waals surface area contributed by atoms with Crippen LogP contribution in [-0.4, -0.2) is 80.3 Å². The Balaban J connectivity index is 0.00000341. The van der Waals surface area contributed by atoms with Crippen molar-refractivity contribution in [3.63, 3.8) is 0 Å². The second-order valence-electron chi connectivity index (χ2n) is 8.49. The number of morpholine rings is 1. The van der Waals surface area contributed by atoms with Gasteiger partial charge in [-0.3, -0.25) is 9.89 Å². The van der Waals surface area contributed by atoms with Gasteiger partial charge < -0.3 is 20.3 Å². The van der Waals surface area contributed by atoms with E-state index < -0.39 is 0 Å². The molecule has 0 saturated carbocycles. The number of nitrogens with one attached hydrogen (secondary N) is 2. The van der Waals surface area contributed by atoms with Gasteiger partial charge in [-0.15, -0.1) is 24.0 Å². The van der Waals surface area contributed by atoms with Gasteiger partial charge in [0.25, 0.3) is 0 Å². The van der Waals surface area contributed by atoms with E-state index in [2.05, 4.69) is 41.2 Å². The third-order valence-corrected chi connectivity index (χ3v) is 6.09. The van der Waals surface area contributed by atoms with Gasteiger partial charge in [0, 0.05) is 44.8 Å². The monoisotopic (exact) mass is 547 g/mol. The van der Waals surface area contributed by atoms with Crippen molar-refractivity contribution in [2.45, 2.75) is 51.7 Å². The molecule has 2 aliphatic heterocycles. The molecule has 0 aliphatic carbocycles.